The van der Waals surface area contributed by atoms with Gasteiger partial charge in [-0.3, -0.25) is 14.3 Å². The molecule has 0 saturated carbocycles. The number of halogens is 3. The van der Waals surface area contributed by atoms with E-state index in [0.29, 0.717) is 5.92 Å². The molecule has 0 atom stereocenters. The minimum atomic E-state index is -0.880. The van der Waals surface area contributed by atoms with Gasteiger partial charge >= 0.3 is 0 Å². The summed E-state index contributed by atoms with van der Waals surface area (Å²) in [4.78, 5) is 28.2. The van der Waals surface area contributed by atoms with Crippen LogP contribution in [0.2, 0.25) is 10.0 Å². The number of nitrogens with zero attached hydrogens (tertiary/aromatic N) is 2. The number of piperidine rings is 1. The third-order valence-corrected chi connectivity index (χ3v) is 6.08. The number of Topliss-reactive ketones (excluding diaryl/α,β-unsaturated/α-hetero) is 1. The Morgan fingerprint density at radius 1 is 1.19 bits per heavy atom. The number of hydrogen-bond donors (Lipinski definition) is 2. The molecule has 1 fully saturated rings. The highest BCUT2D eigenvalue weighted by Gasteiger charge is 2.22. The molecule has 0 bridgehead atoms. The van der Waals surface area contributed by atoms with Gasteiger partial charge in [-0.15, -0.1) is 0 Å². The van der Waals surface area contributed by atoms with Gasteiger partial charge in [0.25, 0.3) is 0 Å². The summed E-state index contributed by atoms with van der Waals surface area (Å²) in [5, 5.41) is 7.48. The normalized spacial score (nSPS) is 14.7. The van der Waals surface area contributed by atoms with Gasteiger partial charge in [-0.1, -0.05) is 23.2 Å². The van der Waals surface area contributed by atoms with Gasteiger partial charge in [-0.25, -0.2) is 4.39 Å². The lowest BCUT2D eigenvalue weighted by Gasteiger charge is -2.22. The van der Waals surface area contributed by atoms with E-state index in [2.05, 4.69) is 15.4 Å². The van der Waals surface area contributed by atoms with E-state index < -0.39 is 11.6 Å². The Labute approximate surface area is 188 Å². The number of nitrogens with one attached hydrogen (secondary N) is 2. The van der Waals surface area contributed by atoms with Crippen LogP contribution >= 0.6 is 23.2 Å². The molecular formula is C22H21Cl2FN4O2. The van der Waals surface area contributed by atoms with Gasteiger partial charge in [0.05, 0.1) is 27.5 Å². The first kappa shape index (κ1) is 21.7. The number of H-pyrrole nitrogens is 1. The van der Waals surface area contributed by atoms with E-state index in [1.807, 2.05) is 10.9 Å². The summed E-state index contributed by atoms with van der Waals surface area (Å²) in [5.41, 5.74) is 0.873. The van der Waals surface area contributed by atoms with Gasteiger partial charge < -0.3 is 10.3 Å². The zero-order chi connectivity index (χ0) is 22.0. The standard InChI is InChI=1S/C22H21Cl2FN4O2/c23-16-1-2-17(24)21(25)20(16)22(31)15-8-18(27-10-15)19(30)7-14-9-28-29(12-14)11-13-3-5-26-6-4-13/h1-2,8-10,12-13,26-27H,3-7,11H2. The smallest absolute Gasteiger partial charge is 0.199 e. The van der Waals surface area contributed by atoms with E-state index in [-0.39, 0.29) is 39.1 Å². The number of aromatic amines is 1. The average molecular weight is 463 g/mol. The first-order chi connectivity index (χ1) is 14.9. The monoisotopic (exact) mass is 462 g/mol. The zero-order valence-corrected chi connectivity index (χ0v) is 18.1. The lowest BCUT2D eigenvalue weighted by atomic mass is 9.98. The molecule has 1 aromatic carbocycles. The van der Waals surface area contributed by atoms with Crippen molar-refractivity contribution in [3.8, 4) is 0 Å². The molecule has 162 valence electrons. The van der Waals surface area contributed by atoms with Crippen LogP contribution in [0.15, 0.2) is 36.8 Å². The third-order valence-electron chi connectivity index (χ3n) is 5.47. The molecule has 1 aliphatic heterocycles. The second-order valence-electron chi connectivity index (χ2n) is 7.71. The summed E-state index contributed by atoms with van der Waals surface area (Å²) in [5.74, 6) is -1.14. The van der Waals surface area contributed by atoms with Crippen LogP contribution in [-0.2, 0) is 13.0 Å². The summed E-state index contributed by atoms with van der Waals surface area (Å²) in [7, 11) is 0. The highest BCUT2D eigenvalue weighted by molar-refractivity contribution is 6.37. The maximum atomic E-state index is 14.3. The Balaban J connectivity index is 1.43. The first-order valence-corrected chi connectivity index (χ1v) is 10.8. The molecule has 3 heterocycles. The summed E-state index contributed by atoms with van der Waals surface area (Å²) in [6.45, 7) is 2.88. The van der Waals surface area contributed by atoms with Gasteiger partial charge in [0, 0.05) is 30.9 Å². The van der Waals surface area contributed by atoms with Crippen molar-refractivity contribution in [2.45, 2.75) is 25.8 Å². The number of carbonyl (C=O) groups is 2. The number of ketones is 2. The van der Waals surface area contributed by atoms with Crippen molar-refractivity contribution in [3.63, 3.8) is 0 Å². The fourth-order valence-corrected chi connectivity index (χ4v) is 4.16. The molecule has 1 saturated heterocycles. The van der Waals surface area contributed by atoms with Crippen LogP contribution < -0.4 is 5.32 Å². The molecule has 1 aliphatic rings. The lowest BCUT2D eigenvalue weighted by Crippen LogP contribution is -2.29. The fourth-order valence-electron chi connectivity index (χ4n) is 3.77. The van der Waals surface area contributed by atoms with E-state index in [1.54, 1.807) is 6.20 Å². The third kappa shape index (κ3) is 4.89. The summed E-state index contributed by atoms with van der Waals surface area (Å²) in [6.07, 6.45) is 7.32. The van der Waals surface area contributed by atoms with Crippen molar-refractivity contribution < 1.29 is 14.0 Å². The molecule has 2 aromatic heterocycles. The number of rotatable bonds is 7. The first-order valence-electron chi connectivity index (χ1n) is 10.0. The van der Waals surface area contributed by atoms with Crippen LogP contribution in [0.4, 0.5) is 4.39 Å². The number of benzene rings is 1. The van der Waals surface area contributed by atoms with Crippen LogP contribution in [0.25, 0.3) is 0 Å². The number of aromatic nitrogens is 3. The molecule has 2 N–H and O–H groups in total. The summed E-state index contributed by atoms with van der Waals surface area (Å²) < 4.78 is 16.2. The minimum absolute atomic E-state index is 0.0397. The second-order valence-corrected chi connectivity index (χ2v) is 8.53. The molecule has 6 nitrogen and oxygen atoms in total. The van der Waals surface area contributed by atoms with Gasteiger partial charge in [-0.05, 0) is 55.6 Å². The molecule has 0 amide bonds. The van der Waals surface area contributed by atoms with E-state index in [1.165, 1.54) is 24.4 Å². The molecule has 0 unspecified atom stereocenters. The van der Waals surface area contributed by atoms with Crippen molar-refractivity contribution in [1.82, 2.24) is 20.1 Å². The van der Waals surface area contributed by atoms with Crippen molar-refractivity contribution in [2.24, 2.45) is 5.92 Å². The minimum Gasteiger partial charge on any atom is -0.358 e. The van der Waals surface area contributed by atoms with Gasteiger partial charge in [0.15, 0.2) is 17.4 Å². The molecule has 0 radical (unpaired) electrons. The van der Waals surface area contributed by atoms with Crippen molar-refractivity contribution in [1.29, 1.82) is 0 Å². The van der Waals surface area contributed by atoms with Crippen LogP contribution in [0, 0.1) is 11.7 Å². The van der Waals surface area contributed by atoms with Crippen molar-refractivity contribution >= 4 is 34.8 Å². The maximum Gasteiger partial charge on any atom is 0.199 e. The van der Waals surface area contributed by atoms with Crippen LogP contribution in [-0.4, -0.2) is 39.4 Å². The Hall–Kier alpha value is -2.48. The highest BCUT2D eigenvalue weighted by Crippen LogP contribution is 2.28. The van der Waals surface area contributed by atoms with Gasteiger partial charge in [0.1, 0.15) is 0 Å². The van der Waals surface area contributed by atoms with E-state index in [0.717, 1.165) is 38.0 Å². The number of hydrogen-bond acceptors (Lipinski definition) is 4. The molecule has 0 aliphatic carbocycles. The molecular weight excluding hydrogens is 442 g/mol. The van der Waals surface area contributed by atoms with Crippen molar-refractivity contribution in [3.05, 3.63) is 75.0 Å². The topological polar surface area (TPSA) is 79.8 Å². The molecule has 31 heavy (non-hydrogen) atoms. The molecule has 3 aromatic rings. The molecule has 0 spiro atoms. The van der Waals surface area contributed by atoms with Crippen LogP contribution in [0.1, 0.15) is 44.8 Å². The summed E-state index contributed by atoms with van der Waals surface area (Å²) in [6, 6.07) is 4.05. The predicted octanol–water partition coefficient (Wildman–Crippen LogP) is 4.31. The summed E-state index contributed by atoms with van der Waals surface area (Å²) >= 11 is 11.8. The van der Waals surface area contributed by atoms with Crippen LogP contribution in [0.3, 0.4) is 0 Å². The van der Waals surface area contributed by atoms with Crippen LogP contribution in [0.5, 0.6) is 0 Å². The SMILES string of the molecule is O=C(Cc1cnn(CC2CCNCC2)c1)c1cc(C(=O)c2c(Cl)ccc(Cl)c2F)c[nH]1. The largest absolute Gasteiger partial charge is 0.358 e. The van der Waals surface area contributed by atoms with E-state index in [4.69, 9.17) is 23.2 Å². The quantitative estimate of drug-likeness (QED) is 0.404. The Bertz CT molecular complexity index is 1120. The maximum absolute atomic E-state index is 14.3. The Morgan fingerprint density at radius 3 is 2.71 bits per heavy atom. The Morgan fingerprint density at radius 2 is 1.94 bits per heavy atom. The van der Waals surface area contributed by atoms with E-state index >= 15 is 0 Å². The fraction of sp³-hybridized carbons (Fsp3) is 0.318. The van der Waals surface area contributed by atoms with E-state index in [9.17, 15) is 14.0 Å². The van der Waals surface area contributed by atoms with Gasteiger partial charge in [-0.2, -0.15) is 5.10 Å². The molecule has 9 heteroatoms. The second kappa shape index (κ2) is 9.34. The highest BCUT2D eigenvalue weighted by atomic mass is 35.5. The average Bonchev–Trinajstić information content (AvgIpc) is 3.42. The lowest BCUT2D eigenvalue weighted by molar-refractivity contribution is 0.0988. The predicted molar refractivity (Wildman–Crippen MR) is 117 cm³/mol. The molecule has 4 rings (SSSR count). The zero-order valence-electron chi connectivity index (χ0n) is 16.6. The van der Waals surface area contributed by atoms with Gasteiger partial charge in [0.2, 0.25) is 0 Å². The van der Waals surface area contributed by atoms with Crippen molar-refractivity contribution in [2.75, 3.05) is 13.1 Å². The number of carbonyl (C=O) groups excluding carboxylic acids is 2. The Kier molecular flexibility index (Phi) is 6.55.